The van der Waals surface area contributed by atoms with Crippen LogP contribution in [0, 0.1) is 0 Å². The van der Waals surface area contributed by atoms with Gasteiger partial charge in [-0.2, -0.15) is 0 Å². The van der Waals surface area contributed by atoms with Crippen LogP contribution in [0.2, 0.25) is 0 Å². The van der Waals surface area contributed by atoms with Crippen molar-refractivity contribution in [2.75, 3.05) is 37.7 Å². The normalized spacial score (nSPS) is 14.2. The highest BCUT2D eigenvalue weighted by Crippen LogP contribution is 2.28. The van der Waals surface area contributed by atoms with Crippen molar-refractivity contribution in [2.24, 2.45) is 0 Å². The summed E-state index contributed by atoms with van der Waals surface area (Å²) >= 11 is 0. The zero-order valence-corrected chi connectivity index (χ0v) is 16.5. The highest BCUT2D eigenvalue weighted by atomic mass is 16.5. The lowest BCUT2D eigenvalue weighted by Gasteiger charge is -2.36. The van der Waals surface area contributed by atoms with Crippen LogP contribution in [0.3, 0.4) is 0 Å². The first-order valence-corrected chi connectivity index (χ1v) is 9.86. The van der Waals surface area contributed by atoms with Gasteiger partial charge in [-0.15, -0.1) is 0 Å². The molecule has 150 valence electrons. The smallest absolute Gasteiger partial charge is 0.261 e. The molecule has 1 amide bonds. The maximum absolute atomic E-state index is 12.8. The summed E-state index contributed by atoms with van der Waals surface area (Å²) in [6, 6.07) is 15.1. The number of rotatable bonds is 5. The fourth-order valence-electron chi connectivity index (χ4n) is 3.66. The van der Waals surface area contributed by atoms with Crippen LogP contribution in [-0.4, -0.2) is 53.1 Å². The largest absolute Gasteiger partial charge is 0.492 e. The monoisotopic (exact) mass is 392 g/mol. The van der Waals surface area contributed by atoms with E-state index < -0.39 is 0 Å². The molecule has 2 heterocycles. The third-order valence-electron chi connectivity index (χ3n) is 5.18. The van der Waals surface area contributed by atoms with Gasteiger partial charge in [0.1, 0.15) is 12.3 Å². The Bertz CT molecular complexity index is 1070. The van der Waals surface area contributed by atoms with Gasteiger partial charge in [0.15, 0.2) is 0 Å². The molecule has 29 heavy (non-hydrogen) atoms. The summed E-state index contributed by atoms with van der Waals surface area (Å²) in [7, 11) is 0. The van der Waals surface area contributed by atoms with E-state index in [1.165, 1.54) is 10.9 Å². The number of fused-ring (bicyclic) bond motifs is 1. The molecular formula is C22H24N4O3. The summed E-state index contributed by atoms with van der Waals surface area (Å²) in [6.07, 6.45) is 1.46. The second-order valence-electron chi connectivity index (χ2n) is 6.96. The predicted molar refractivity (Wildman–Crippen MR) is 112 cm³/mol. The quantitative estimate of drug-likeness (QED) is 0.666. The number of para-hydroxylation sites is 3. The Kier molecular flexibility index (Phi) is 5.46. The van der Waals surface area contributed by atoms with Crippen molar-refractivity contribution in [1.29, 1.82) is 0 Å². The van der Waals surface area contributed by atoms with Gasteiger partial charge in [-0.3, -0.25) is 14.2 Å². The number of carbonyl (C=O) groups excluding carboxylic acids is 1. The van der Waals surface area contributed by atoms with Gasteiger partial charge in [-0.05, 0) is 31.2 Å². The molecule has 0 aliphatic carbocycles. The molecule has 0 spiro atoms. The first-order chi connectivity index (χ1) is 14.2. The van der Waals surface area contributed by atoms with E-state index in [4.69, 9.17) is 4.74 Å². The molecule has 7 heteroatoms. The van der Waals surface area contributed by atoms with E-state index in [0.717, 1.165) is 24.5 Å². The molecule has 0 atom stereocenters. The second-order valence-corrected chi connectivity index (χ2v) is 6.96. The number of anilines is 1. The number of benzene rings is 2. The Hall–Kier alpha value is -3.35. The minimum absolute atomic E-state index is 0.00615. The third kappa shape index (κ3) is 3.94. The van der Waals surface area contributed by atoms with Gasteiger partial charge >= 0.3 is 0 Å². The molecule has 0 radical (unpaired) electrons. The van der Waals surface area contributed by atoms with Gasteiger partial charge in [0.05, 0.1) is 29.5 Å². The fourth-order valence-corrected chi connectivity index (χ4v) is 3.66. The minimum atomic E-state index is -0.187. The topological polar surface area (TPSA) is 67.7 Å². The van der Waals surface area contributed by atoms with Crippen molar-refractivity contribution in [3.63, 3.8) is 0 Å². The summed E-state index contributed by atoms with van der Waals surface area (Å²) < 4.78 is 7.11. The number of hydrogen-bond acceptors (Lipinski definition) is 5. The van der Waals surface area contributed by atoms with Crippen molar-refractivity contribution in [3.8, 4) is 5.75 Å². The minimum Gasteiger partial charge on any atom is -0.492 e. The molecule has 7 nitrogen and oxygen atoms in total. The summed E-state index contributed by atoms with van der Waals surface area (Å²) in [5, 5.41) is 0.528. The van der Waals surface area contributed by atoms with Crippen LogP contribution in [0.15, 0.2) is 59.7 Å². The van der Waals surface area contributed by atoms with Crippen molar-refractivity contribution in [1.82, 2.24) is 14.5 Å². The Balaban J connectivity index is 1.42. The molecule has 0 unspecified atom stereocenters. The van der Waals surface area contributed by atoms with E-state index in [-0.39, 0.29) is 18.0 Å². The zero-order chi connectivity index (χ0) is 20.2. The number of nitrogens with zero attached hydrogens (tertiary/aromatic N) is 4. The molecule has 1 aromatic heterocycles. The van der Waals surface area contributed by atoms with Crippen LogP contribution in [0.5, 0.6) is 5.75 Å². The summed E-state index contributed by atoms with van der Waals surface area (Å²) in [5.41, 5.74) is 1.51. The van der Waals surface area contributed by atoms with E-state index in [1.807, 2.05) is 37.3 Å². The van der Waals surface area contributed by atoms with Gasteiger partial charge in [-0.1, -0.05) is 24.3 Å². The molecule has 0 N–H and O–H groups in total. The van der Waals surface area contributed by atoms with E-state index in [1.54, 1.807) is 23.1 Å². The first kappa shape index (κ1) is 19.0. The van der Waals surface area contributed by atoms with Crippen LogP contribution in [0.1, 0.15) is 6.92 Å². The van der Waals surface area contributed by atoms with Crippen molar-refractivity contribution >= 4 is 22.5 Å². The SMILES string of the molecule is CCOc1ccccc1N1CCN(C(=O)Cn2cnc3ccccc3c2=O)CC1. The average molecular weight is 392 g/mol. The second kappa shape index (κ2) is 8.34. The van der Waals surface area contributed by atoms with Crippen LogP contribution in [0.25, 0.3) is 10.9 Å². The lowest BCUT2D eigenvalue weighted by Crippen LogP contribution is -2.50. The van der Waals surface area contributed by atoms with Crippen LogP contribution in [-0.2, 0) is 11.3 Å². The Labute approximate surface area is 169 Å². The van der Waals surface area contributed by atoms with E-state index in [9.17, 15) is 9.59 Å². The number of aromatic nitrogens is 2. The van der Waals surface area contributed by atoms with Crippen molar-refractivity contribution in [3.05, 3.63) is 65.2 Å². The Morgan fingerprint density at radius 2 is 1.76 bits per heavy atom. The predicted octanol–water partition coefficient (Wildman–Crippen LogP) is 2.14. The Morgan fingerprint density at radius 3 is 2.55 bits per heavy atom. The van der Waals surface area contributed by atoms with E-state index in [0.29, 0.717) is 30.6 Å². The third-order valence-corrected chi connectivity index (χ3v) is 5.18. The molecule has 1 saturated heterocycles. The van der Waals surface area contributed by atoms with E-state index >= 15 is 0 Å². The fraction of sp³-hybridized carbons (Fsp3) is 0.318. The molecule has 2 aromatic carbocycles. The maximum Gasteiger partial charge on any atom is 0.261 e. The molecule has 3 aromatic rings. The van der Waals surface area contributed by atoms with Gasteiger partial charge < -0.3 is 14.5 Å². The Morgan fingerprint density at radius 1 is 1.03 bits per heavy atom. The molecular weight excluding hydrogens is 368 g/mol. The van der Waals surface area contributed by atoms with Crippen LogP contribution >= 0.6 is 0 Å². The average Bonchev–Trinajstić information content (AvgIpc) is 2.76. The van der Waals surface area contributed by atoms with Crippen molar-refractivity contribution < 1.29 is 9.53 Å². The summed E-state index contributed by atoms with van der Waals surface area (Å²) in [4.78, 5) is 33.7. The van der Waals surface area contributed by atoms with Gasteiger partial charge in [-0.25, -0.2) is 4.98 Å². The van der Waals surface area contributed by atoms with Crippen molar-refractivity contribution in [2.45, 2.75) is 13.5 Å². The molecule has 1 fully saturated rings. The standard InChI is InChI=1S/C22H24N4O3/c1-2-29-20-10-6-5-9-19(20)24-11-13-25(14-12-24)21(27)15-26-16-23-18-8-4-3-7-17(18)22(26)28/h3-10,16H,2,11-15H2,1H3. The number of ether oxygens (including phenoxy) is 1. The lowest BCUT2D eigenvalue weighted by atomic mass is 10.2. The highest BCUT2D eigenvalue weighted by Gasteiger charge is 2.23. The van der Waals surface area contributed by atoms with Crippen LogP contribution < -0.4 is 15.2 Å². The van der Waals surface area contributed by atoms with Gasteiger partial charge in [0.25, 0.3) is 5.56 Å². The number of hydrogen-bond donors (Lipinski definition) is 0. The summed E-state index contributed by atoms with van der Waals surface area (Å²) in [5.74, 6) is 0.797. The van der Waals surface area contributed by atoms with Crippen LogP contribution in [0.4, 0.5) is 5.69 Å². The number of piperazine rings is 1. The highest BCUT2D eigenvalue weighted by molar-refractivity contribution is 5.79. The number of amides is 1. The first-order valence-electron chi connectivity index (χ1n) is 9.86. The molecule has 0 bridgehead atoms. The lowest BCUT2D eigenvalue weighted by molar-refractivity contribution is -0.132. The van der Waals surface area contributed by atoms with E-state index in [2.05, 4.69) is 9.88 Å². The molecule has 1 aliphatic heterocycles. The number of carbonyl (C=O) groups is 1. The molecule has 1 aliphatic rings. The molecule has 4 rings (SSSR count). The maximum atomic E-state index is 12.8. The zero-order valence-electron chi connectivity index (χ0n) is 16.5. The summed E-state index contributed by atoms with van der Waals surface area (Å²) in [6.45, 7) is 5.25. The van der Waals surface area contributed by atoms with Gasteiger partial charge in [0.2, 0.25) is 5.91 Å². The van der Waals surface area contributed by atoms with Gasteiger partial charge in [0, 0.05) is 26.2 Å². The molecule has 0 saturated carbocycles.